The molecule has 1 aromatic carbocycles. The monoisotopic (exact) mass is 345 g/mol. The van der Waals surface area contributed by atoms with Crippen molar-refractivity contribution >= 4 is 22.4 Å². The molecule has 0 atom stereocenters. The van der Waals surface area contributed by atoms with E-state index in [4.69, 9.17) is 5.11 Å². The van der Waals surface area contributed by atoms with Crippen LogP contribution in [-0.4, -0.2) is 53.2 Å². The van der Waals surface area contributed by atoms with E-state index in [9.17, 15) is 4.79 Å². The van der Waals surface area contributed by atoms with Gasteiger partial charge in [0.25, 0.3) is 0 Å². The number of benzene rings is 1. The smallest absolute Gasteiger partial charge is 0.317 e. The second-order valence-corrected chi connectivity index (χ2v) is 7.06. The Labute approximate surface area is 146 Å². The van der Waals surface area contributed by atoms with Gasteiger partial charge in [-0.2, -0.15) is 0 Å². The SMILES string of the molecule is CCN(CC(=O)O)C1CCN(c2ncc(-c3ccccc3)s2)CC1. The van der Waals surface area contributed by atoms with E-state index < -0.39 is 5.97 Å². The molecule has 0 unspecified atom stereocenters. The Morgan fingerprint density at radius 3 is 2.67 bits per heavy atom. The van der Waals surface area contributed by atoms with Crippen LogP contribution >= 0.6 is 11.3 Å². The highest BCUT2D eigenvalue weighted by molar-refractivity contribution is 7.18. The molecule has 0 spiro atoms. The van der Waals surface area contributed by atoms with Crippen LogP contribution in [0, 0.1) is 0 Å². The third-order valence-corrected chi connectivity index (χ3v) is 5.65. The van der Waals surface area contributed by atoms with Gasteiger partial charge in [-0.25, -0.2) is 4.98 Å². The minimum atomic E-state index is -0.744. The molecule has 6 heteroatoms. The van der Waals surface area contributed by atoms with E-state index in [-0.39, 0.29) is 6.54 Å². The number of nitrogens with zero attached hydrogens (tertiary/aromatic N) is 3. The lowest BCUT2D eigenvalue weighted by Gasteiger charge is -2.37. The maximum absolute atomic E-state index is 11.0. The van der Waals surface area contributed by atoms with Crippen LogP contribution in [0.5, 0.6) is 0 Å². The number of likely N-dealkylation sites (N-methyl/N-ethyl adjacent to an activating group) is 1. The number of carboxylic acids is 1. The molecule has 128 valence electrons. The zero-order chi connectivity index (χ0) is 16.9. The van der Waals surface area contributed by atoms with E-state index >= 15 is 0 Å². The molecule has 24 heavy (non-hydrogen) atoms. The summed E-state index contributed by atoms with van der Waals surface area (Å²) in [5.41, 5.74) is 1.20. The molecular formula is C18H23N3O2S. The molecule has 2 aromatic rings. The highest BCUT2D eigenvalue weighted by atomic mass is 32.1. The maximum atomic E-state index is 11.0. The first kappa shape index (κ1) is 16.9. The van der Waals surface area contributed by atoms with Crippen LogP contribution in [0.3, 0.4) is 0 Å². The Hall–Kier alpha value is -1.92. The van der Waals surface area contributed by atoms with Gasteiger partial charge in [-0.05, 0) is 24.9 Å². The first-order valence-corrected chi connectivity index (χ1v) is 9.21. The van der Waals surface area contributed by atoms with Crippen LogP contribution in [0.2, 0.25) is 0 Å². The van der Waals surface area contributed by atoms with E-state index in [1.54, 1.807) is 11.3 Å². The quantitative estimate of drug-likeness (QED) is 0.871. The van der Waals surface area contributed by atoms with Crippen molar-refractivity contribution < 1.29 is 9.90 Å². The summed E-state index contributed by atoms with van der Waals surface area (Å²) in [6.07, 6.45) is 3.92. The first-order valence-electron chi connectivity index (χ1n) is 8.39. The molecular weight excluding hydrogens is 322 g/mol. The Kier molecular flexibility index (Phi) is 5.48. The summed E-state index contributed by atoms with van der Waals surface area (Å²) in [6, 6.07) is 10.7. The third-order valence-electron chi connectivity index (χ3n) is 4.55. The molecule has 0 bridgehead atoms. The fourth-order valence-electron chi connectivity index (χ4n) is 3.24. The van der Waals surface area contributed by atoms with Crippen molar-refractivity contribution in [2.75, 3.05) is 31.1 Å². The van der Waals surface area contributed by atoms with Crippen LogP contribution in [-0.2, 0) is 4.79 Å². The van der Waals surface area contributed by atoms with Crippen molar-refractivity contribution in [1.82, 2.24) is 9.88 Å². The number of aromatic nitrogens is 1. The molecule has 1 N–H and O–H groups in total. The van der Waals surface area contributed by atoms with Crippen molar-refractivity contribution in [2.24, 2.45) is 0 Å². The maximum Gasteiger partial charge on any atom is 0.317 e. The lowest BCUT2D eigenvalue weighted by molar-refractivity contribution is -0.139. The zero-order valence-corrected chi connectivity index (χ0v) is 14.7. The number of anilines is 1. The number of hydrogen-bond donors (Lipinski definition) is 1. The molecule has 1 aromatic heterocycles. The van der Waals surface area contributed by atoms with Crippen LogP contribution in [0.15, 0.2) is 36.5 Å². The first-order chi connectivity index (χ1) is 11.7. The molecule has 1 fully saturated rings. The van der Waals surface area contributed by atoms with Crippen molar-refractivity contribution in [3.8, 4) is 10.4 Å². The predicted molar refractivity (Wildman–Crippen MR) is 97.7 cm³/mol. The molecule has 0 aliphatic carbocycles. The van der Waals surface area contributed by atoms with E-state index in [0.29, 0.717) is 6.04 Å². The summed E-state index contributed by atoms with van der Waals surface area (Å²) in [5, 5.41) is 10.1. The Morgan fingerprint density at radius 1 is 1.33 bits per heavy atom. The minimum Gasteiger partial charge on any atom is -0.480 e. The fourth-order valence-corrected chi connectivity index (χ4v) is 4.22. The van der Waals surface area contributed by atoms with Crippen molar-refractivity contribution in [2.45, 2.75) is 25.8 Å². The third kappa shape index (κ3) is 3.94. The Balaban J connectivity index is 1.61. The largest absolute Gasteiger partial charge is 0.480 e. The standard InChI is InChI=1S/C18H23N3O2S/c1-2-20(13-17(22)23)15-8-10-21(11-9-15)18-19-12-16(24-18)14-6-4-3-5-7-14/h3-7,12,15H,2,8-11,13H2,1H3,(H,22,23). The average Bonchev–Trinajstić information content (AvgIpc) is 3.10. The van der Waals surface area contributed by atoms with Crippen molar-refractivity contribution in [3.05, 3.63) is 36.5 Å². The van der Waals surface area contributed by atoms with Gasteiger partial charge < -0.3 is 10.0 Å². The summed E-state index contributed by atoms with van der Waals surface area (Å²) in [6.45, 7) is 4.82. The summed E-state index contributed by atoms with van der Waals surface area (Å²) in [5.74, 6) is -0.744. The van der Waals surface area contributed by atoms with Crippen LogP contribution in [0.4, 0.5) is 5.13 Å². The number of piperidine rings is 1. The van der Waals surface area contributed by atoms with Gasteiger partial charge in [0.05, 0.1) is 11.4 Å². The summed E-state index contributed by atoms with van der Waals surface area (Å²) in [4.78, 5) is 21.1. The second kappa shape index (κ2) is 7.77. The molecule has 0 saturated carbocycles. The van der Waals surface area contributed by atoms with E-state index in [1.165, 1.54) is 10.4 Å². The summed E-state index contributed by atoms with van der Waals surface area (Å²) in [7, 11) is 0. The highest BCUT2D eigenvalue weighted by Crippen LogP contribution is 2.32. The highest BCUT2D eigenvalue weighted by Gasteiger charge is 2.26. The lowest BCUT2D eigenvalue weighted by atomic mass is 10.0. The average molecular weight is 345 g/mol. The number of hydrogen-bond acceptors (Lipinski definition) is 5. The molecule has 1 aliphatic heterocycles. The summed E-state index contributed by atoms with van der Waals surface area (Å²) < 4.78 is 0. The van der Waals surface area contributed by atoms with Crippen molar-refractivity contribution in [1.29, 1.82) is 0 Å². The molecule has 1 aliphatic rings. The predicted octanol–water partition coefficient (Wildman–Crippen LogP) is 3.19. The van der Waals surface area contributed by atoms with Gasteiger partial charge >= 0.3 is 5.97 Å². The van der Waals surface area contributed by atoms with Gasteiger partial charge in [0.15, 0.2) is 5.13 Å². The summed E-state index contributed by atoms with van der Waals surface area (Å²) >= 11 is 1.73. The molecule has 0 radical (unpaired) electrons. The van der Waals surface area contributed by atoms with E-state index in [1.807, 2.05) is 31.3 Å². The molecule has 0 amide bonds. The van der Waals surface area contributed by atoms with Gasteiger partial charge in [-0.3, -0.25) is 9.69 Å². The topological polar surface area (TPSA) is 56.7 Å². The number of carbonyl (C=O) groups is 1. The Morgan fingerprint density at radius 2 is 2.04 bits per heavy atom. The molecule has 2 heterocycles. The molecule has 1 saturated heterocycles. The van der Waals surface area contributed by atoms with Gasteiger partial charge in [0.1, 0.15) is 0 Å². The second-order valence-electron chi connectivity index (χ2n) is 6.05. The molecule has 5 nitrogen and oxygen atoms in total. The van der Waals surface area contributed by atoms with E-state index in [0.717, 1.165) is 37.6 Å². The van der Waals surface area contributed by atoms with Crippen molar-refractivity contribution in [3.63, 3.8) is 0 Å². The fraction of sp³-hybridized carbons (Fsp3) is 0.444. The zero-order valence-electron chi connectivity index (χ0n) is 13.9. The minimum absolute atomic E-state index is 0.135. The molecule has 3 rings (SSSR count). The Bertz CT molecular complexity index is 666. The normalized spacial score (nSPS) is 15.8. The number of thiazole rings is 1. The number of carboxylic acid groups (broad SMARTS) is 1. The number of aliphatic carboxylic acids is 1. The van der Waals surface area contributed by atoms with Gasteiger partial charge in [-0.15, -0.1) is 0 Å². The van der Waals surface area contributed by atoms with Gasteiger partial charge in [0.2, 0.25) is 0 Å². The van der Waals surface area contributed by atoms with E-state index in [2.05, 4.69) is 26.9 Å². The lowest BCUT2D eigenvalue weighted by Crippen LogP contribution is -2.46. The van der Waals surface area contributed by atoms with Gasteiger partial charge in [-0.1, -0.05) is 48.6 Å². The number of rotatable bonds is 6. The van der Waals surface area contributed by atoms with Crippen LogP contribution < -0.4 is 4.90 Å². The van der Waals surface area contributed by atoms with Crippen LogP contribution in [0.25, 0.3) is 10.4 Å². The van der Waals surface area contributed by atoms with Crippen LogP contribution in [0.1, 0.15) is 19.8 Å². The van der Waals surface area contributed by atoms with Gasteiger partial charge in [0, 0.05) is 25.3 Å².